The predicted octanol–water partition coefficient (Wildman–Crippen LogP) is 3.16. The van der Waals surface area contributed by atoms with Crippen LogP contribution in [0.25, 0.3) is 0 Å². The van der Waals surface area contributed by atoms with E-state index in [4.69, 9.17) is 16.4 Å². The molecule has 0 unspecified atom stereocenters. The fourth-order valence-corrected chi connectivity index (χ4v) is 3.31. The Morgan fingerprint density at radius 3 is 2.44 bits per heavy atom. The number of imide groups is 1. The molecule has 1 atom stereocenters. The number of rotatable bonds is 2. The molecule has 0 radical (unpaired) electrons. The highest BCUT2D eigenvalue weighted by atomic mass is 35.5. The topological polar surface area (TPSA) is 59.0 Å². The molecule has 1 spiro atoms. The van der Waals surface area contributed by atoms with Crippen molar-refractivity contribution >= 4 is 34.8 Å². The van der Waals surface area contributed by atoms with Crippen molar-refractivity contribution < 1.29 is 18.8 Å². The molecule has 25 heavy (non-hydrogen) atoms. The second-order valence-corrected chi connectivity index (χ2v) is 6.43. The summed E-state index contributed by atoms with van der Waals surface area (Å²) in [6, 6.07) is 12.1. The summed E-state index contributed by atoms with van der Waals surface area (Å²) < 4.78 is 13.2. The van der Waals surface area contributed by atoms with Crippen LogP contribution in [0.15, 0.2) is 53.7 Å². The Kier molecular flexibility index (Phi) is 3.58. The van der Waals surface area contributed by atoms with Gasteiger partial charge in [-0.25, -0.2) is 9.29 Å². The van der Waals surface area contributed by atoms with E-state index in [-0.39, 0.29) is 18.9 Å². The van der Waals surface area contributed by atoms with Gasteiger partial charge in [0.05, 0.1) is 12.1 Å². The normalized spacial score (nSPS) is 22.5. The molecule has 0 saturated carbocycles. The highest BCUT2D eigenvalue weighted by molar-refractivity contribution is 6.33. The zero-order valence-electron chi connectivity index (χ0n) is 12.9. The van der Waals surface area contributed by atoms with Crippen LogP contribution in [-0.2, 0) is 14.4 Å². The Labute approximate surface area is 147 Å². The number of carbonyl (C=O) groups excluding carboxylic acids is 2. The van der Waals surface area contributed by atoms with Crippen LogP contribution in [0.1, 0.15) is 12.0 Å². The fraction of sp³-hybridized carbons (Fsp3) is 0.167. The second kappa shape index (κ2) is 5.67. The van der Waals surface area contributed by atoms with E-state index in [1.54, 1.807) is 24.3 Å². The third-order valence-electron chi connectivity index (χ3n) is 4.44. The van der Waals surface area contributed by atoms with Gasteiger partial charge < -0.3 is 4.84 Å². The maximum atomic E-state index is 13.2. The summed E-state index contributed by atoms with van der Waals surface area (Å²) in [6.07, 6.45) is -0.0509. The number of hydrogen-bond acceptors (Lipinski definition) is 4. The van der Waals surface area contributed by atoms with E-state index in [9.17, 15) is 14.0 Å². The van der Waals surface area contributed by atoms with Crippen LogP contribution in [0.2, 0.25) is 5.02 Å². The highest BCUT2D eigenvalue weighted by Crippen LogP contribution is 2.42. The molecular formula is C18H12ClFN2O3. The molecule has 0 aromatic heterocycles. The zero-order valence-corrected chi connectivity index (χ0v) is 13.7. The molecule has 0 N–H and O–H groups in total. The smallest absolute Gasteiger partial charge is 0.250 e. The number of carbonyl (C=O) groups is 2. The van der Waals surface area contributed by atoms with Crippen LogP contribution in [0.3, 0.4) is 0 Å². The SMILES string of the molecule is O=C1C[C@@]2(CON=C2c2ccc(F)cc2)C(=O)N1c1ccc(Cl)cc1. The molecule has 5 nitrogen and oxygen atoms in total. The maximum absolute atomic E-state index is 13.2. The molecule has 7 heteroatoms. The van der Waals surface area contributed by atoms with Crippen molar-refractivity contribution in [3.8, 4) is 0 Å². The van der Waals surface area contributed by atoms with Gasteiger partial charge >= 0.3 is 0 Å². The Hall–Kier alpha value is -2.73. The molecule has 2 aliphatic rings. The molecule has 1 fully saturated rings. The van der Waals surface area contributed by atoms with E-state index >= 15 is 0 Å². The van der Waals surface area contributed by atoms with Gasteiger partial charge in [-0.05, 0) is 36.4 Å². The van der Waals surface area contributed by atoms with Crippen molar-refractivity contribution in [1.82, 2.24) is 0 Å². The number of hydrogen-bond donors (Lipinski definition) is 0. The molecule has 4 rings (SSSR count). The molecule has 2 heterocycles. The first kappa shape index (κ1) is 15.8. The quantitative estimate of drug-likeness (QED) is 0.775. The molecule has 2 amide bonds. The lowest BCUT2D eigenvalue weighted by molar-refractivity contribution is -0.124. The minimum atomic E-state index is -1.19. The van der Waals surface area contributed by atoms with Gasteiger partial charge in [0.2, 0.25) is 11.8 Å². The first-order valence-electron chi connectivity index (χ1n) is 7.61. The van der Waals surface area contributed by atoms with Crippen molar-refractivity contribution in [3.63, 3.8) is 0 Å². The molecule has 0 bridgehead atoms. The van der Waals surface area contributed by atoms with Crippen LogP contribution in [0.5, 0.6) is 0 Å². The number of nitrogens with zero attached hydrogens (tertiary/aromatic N) is 2. The number of oxime groups is 1. The van der Waals surface area contributed by atoms with Gasteiger partial charge in [0.15, 0.2) is 0 Å². The van der Waals surface area contributed by atoms with Crippen molar-refractivity contribution in [2.45, 2.75) is 6.42 Å². The van der Waals surface area contributed by atoms with E-state index < -0.39 is 17.1 Å². The molecule has 2 aromatic rings. The van der Waals surface area contributed by atoms with E-state index in [2.05, 4.69) is 5.16 Å². The molecule has 2 aliphatic heterocycles. The molecule has 126 valence electrons. The number of anilines is 1. The standard InChI is InChI=1S/C18H12ClFN2O3/c19-12-3-7-14(8-4-12)22-15(23)9-18(17(22)24)10-25-21-16(18)11-1-5-13(20)6-2-11/h1-8H,9-10H2/t18-/m0/s1. The third kappa shape index (κ3) is 2.41. The summed E-state index contributed by atoms with van der Waals surface area (Å²) >= 11 is 5.87. The van der Waals surface area contributed by atoms with E-state index in [1.807, 2.05) is 0 Å². The van der Waals surface area contributed by atoms with Gasteiger partial charge in [-0.3, -0.25) is 9.59 Å². The first-order valence-corrected chi connectivity index (χ1v) is 7.98. The van der Waals surface area contributed by atoms with Gasteiger partial charge in [-0.2, -0.15) is 0 Å². The summed E-state index contributed by atoms with van der Waals surface area (Å²) in [5.41, 5.74) is 0.163. The Balaban J connectivity index is 1.74. The Bertz CT molecular complexity index is 896. The zero-order chi connectivity index (χ0) is 17.6. The van der Waals surface area contributed by atoms with E-state index in [1.165, 1.54) is 24.3 Å². The lowest BCUT2D eigenvalue weighted by Gasteiger charge is -2.21. The minimum Gasteiger partial charge on any atom is -0.394 e. The Morgan fingerprint density at radius 1 is 1.08 bits per heavy atom. The average molecular weight is 359 g/mol. The van der Waals surface area contributed by atoms with Gasteiger partial charge in [0.1, 0.15) is 23.6 Å². The van der Waals surface area contributed by atoms with Crippen LogP contribution in [-0.4, -0.2) is 24.1 Å². The van der Waals surface area contributed by atoms with Gasteiger partial charge in [-0.15, -0.1) is 0 Å². The minimum absolute atomic E-state index is 0.0195. The predicted molar refractivity (Wildman–Crippen MR) is 89.9 cm³/mol. The largest absolute Gasteiger partial charge is 0.394 e. The number of benzene rings is 2. The number of halogens is 2. The summed E-state index contributed by atoms with van der Waals surface area (Å²) in [5.74, 6) is -1.14. The monoisotopic (exact) mass is 358 g/mol. The lowest BCUT2D eigenvalue weighted by atomic mass is 9.79. The van der Waals surface area contributed by atoms with E-state index in [0.717, 1.165) is 4.90 Å². The fourth-order valence-electron chi connectivity index (χ4n) is 3.19. The Morgan fingerprint density at radius 2 is 1.76 bits per heavy atom. The maximum Gasteiger partial charge on any atom is 0.250 e. The number of amides is 2. The van der Waals surface area contributed by atoms with Crippen molar-refractivity contribution in [1.29, 1.82) is 0 Å². The molecule has 1 saturated heterocycles. The summed E-state index contributed by atoms with van der Waals surface area (Å²) in [4.78, 5) is 32.0. The lowest BCUT2D eigenvalue weighted by Crippen LogP contribution is -2.41. The van der Waals surface area contributed by atoms with Crippen molar-refractivity contribution in [3.05, 3.63) is 64.9 Å². The summed E-state index contributed by atoms with van der Waals surface area (Å²) in [7, 11) is 0. The third-order valence-corrected chi connectivity index (χ3v) is 4.69. The van der Waals surface area contributed by atoms with Crippen molar-refractivity contribution in [2.75, 3.05) is 11.5 Å². The summed E-state index contributed by atoms with van der Waals surface area (Å²) in [5, 5.41) is 4.48. The molecule has 0 aliphatic carbocycles. The van der Waals surface area contributed by atoms with Crippen LogP contribution < -0.4 is 4.90 Å². The van der Waals surface area contributed by atoms with Crippen LogP contribution in [0.4, 0.5) is 10.1 Å². The average Bonchev–Trinajstić information content (AvgIpc) is 3.12. The molecular weight excluding hydrogens is 347 g/mol. The van der Waals surface area contributed by atoms with Gasteiger partial charge in [0.25, 0.3) is 0 Å². The van der Waals surface area contributed by atoms with Crippen molar-refractivity contribution in [2.24, 2.45) is 10.6 Å². The first-order chi connectivity index (χ1) is 12.0. The van der Waals surface area contributed by atoms with E-state index in [0.29, 0.717) is 22.0 Å². The summed E-state index contributed by atoms with van der Waals surface area (Å²) in [6.45, 7) is -0.0195. The van der Waals surface area contributed by atoms with Crippen LogP contribution >= 0.6 is 11.6 Å². The van der Waals surface area contributed by atoms with Gasteiger partial charge in [0, 0.05) is 10.6 Å². The van der Waals surface area contributed by atoms with Crippen LogP contribution in [0, 0.1) is 11.2 Å². The second-order valence-electron chi connectivity index (χ2n) is 5.99. The molecule has 2 aromatic carbocycles. The highest BCUT2D eigenvalue weighted by Gasteiger charge is 2.59. The van der Waals surface area contributed by atoms with Gasteiger partial charge in [-0.1, -0.05) is 28.9 Å².